The Morgan fingerprint density at radius 1 is 1.00 bits per heavy atom. The average Bonchev–Trinajstić information content (AvgIpc) is 2.19. The standard InChI is InChI=1S/C14H18O2/c1-6-15-12-9-8-11(14(3,4)5)10-13(12)16-7-2/h6-10H,1-2H2,3-5H3. The van der Waals surface area contributed by atoms with E-state index in [1.807, 2.05) is 18.2 Å². The number of rotatable bonds is 4. The van der Waals surface area contributed by atoms with E-state index in [4.69, 9.17) is 9.47 Å². The molecule has 0 saturated carbocycles. The van der Waals surface area contributed by atoms with Gasteiger partial charge >= 0.3 is 0 Å². The van der Waals surface area contributed by atoms with Crippen LogP contribution in [0.3, 0.4) is 0 Å². The minimum Gasteiger partial charge on any atom is -0.462 e. The third kappa shape index (κ3) is 2.89. The van der Waals surface area contributed by atoms with E-state index in [-0.39, 0.29) is 5.41 Å². The van der Waals surface area contributed by atoms with Gasteiger partial charge in [0.2, 0.25) is 0 Å². The molecule has 0 heterocycles. The van der Waals surface area contributed by atoms with Crippen LogP contribution >= 0.6 is 0 Å². The zero-order valence-corrected chi connectivity index (χ0v) is 10.1. The Morgan fingerprint density at radius 3 is 2.06 bits per heavy atom. The van der Waals surface area contributed by atoms with Gasteiger partial charge in [0.1, 0.15) is 0 Å². The van der Waals surface area contributed by atoms with Gasteiger partial charge in [-0.3, -0.25) is 0 Å². The van der Waals surface area contributed by atoms with Crippen LogP contribution in [0.5, 0.6) is 11.5 Å². The molecule has 1 rings (SSSR count). The summed E-state index contributed by atoms with van der Waals surface area (Å²) >= 11 is 0. The molecule has 16 heavy (non-hydrogen) atoms. The molecule has 0 spiro atoms. The second-order valence-corrected chi connectivity index (χ2v) is 4.48. The zero-order valence-electron chi connectivity index (χ0n) is 10.1. The molecule has 2 heteroatoms. The van der Waals surface area contributed by atoms with Gasteiger partial charge in [-0.2, -0.15) is 0 Å². The monoisotopic (exact) mass is 218 g/mol. The van der Waals surface area contributed by atoms with E-state index in [0.717, 1.165) is 0 Å². The molecule has 0 aliphatic rings. The first-order valence-corrected chi connectivity index (χ1v) is 5.18. The summed E-state index contributed by atoms with van der Waals surface area (Å²) in [7, 11) is 0. The minimum absolute atomic E-state index is 0.0754. The van der Waals surface area contributed by atoms with Crippen molar-refractivity contribution in [3.05, 3.63) is 49.4 Å². The Labute approximate surface area is 97.2 Å². The summed E-state index contributed by atoms with van der Waals surface area (Å²) in [5.74, 6) is 1.30. The second kappa shape index (κ2) is 4.88. The molecule has 86 valence electrons. The molecule has 0 fully saturated rings. The summed E-state index contributed by atoms with van der Waals surface area (Å²) in [6, 6.07) is 5.86. The van der Waals surface area contributed by atoms with Crippen LogP contribution in [0.2, 0.25) is 0 Å². The van der Waals surface area contributed by atoms with Crippen LogP contribution in [-0.2, 0) is 5.41 Å². The van der Waals surface area contributed by atoms with Gasteiger partial charge in [0.05, 0.1) is 12.5 Å². The van der Waals surface area contributed by atoms with E-state index < -0.39 is 0 Å². The normalized spacial score (nSPS) is 10.7. The zero-order chi connectivity index (χ0) is 12.2. The number of ether oxygens (including phenoxy) is 2. The van der Waals surface area contributed by atoms with Gasteiger partial charge in [0.15, 0.2) is 11.5 Å². The first-order chi connectivity index (χ1) is 7.49. The lowest BCUT2D eigenvalue weighted by molar-refractivity contribution is 0.416. The highest BCUT2D eigenvalue weighted by Crippen LogP contribution is 2.33. The van der Waals surface area contributed by atoms with Crippen molar-refractivity contribution in [2.45, 2.75) is 26.2 Å². The number of hydrogen-bond acceptors (Lipinski definition) is 2. The van der Waals surface area contributed by atoms with E-state index in [9.17, 15) is 0 Å². The second-order valence-electron chi connectivity index (χ2n) is 4.48. The van der Waals surface area contributed by atoms with Crippen LogP contribution in [0.25, 0.3) is 0 Å². The van der Waals surface area contributed by atoms with E-state index in [2.05, 4.69) is 33.9 Å². The lowest BCUT2D eigenvalue weighted by Gasteiger charge is -2.20. The van der Waals surface area contributed by atoms with Crippen LogP contribution < -0.4 is 9.47 Å². The Kier molecular flexibility index (Phi) is 3.78. The van der Waals surface area contributed by atoms with Crippen LogP contribution in [0, 0.1) is 0 Å². The SMILES string of the molecule is C=COc1ccc(C(C)(C)C)cc1OC=C. The van der Waals surface area contributed by atoms with E-state index >= 15 is 0 Å². The topological polar surface area (TPSA) is 18.5 Å². The Balaban J connectivity index is 3.16. The van der Waals surface area contributed by atoms with Crippen molar-refractivity contribution < 1.29 is 9.47 Å². The van der Waals surface area contributed by atoms with Crippen LogP contribution in [0.15, 0.2) is 43.9 Å². The highest BCUT2D eigenvalue weighted by atomic mass is 16.5. The predicted octanol–water partition coefficient (Wildman–Crippen LogP) is 4.03. The molecule has 0 amide bonds. The lowest BCUT2D eigenvalue weighted by Crippen LogP contribution is -2.11. The van der Waals surface area contributed by atoms with Crippen molar-refractivity contribution >= 4 is 0 Å². The Hall–Kier alpha value is -1.70. The summed E-state index contributed by atoms with van der Waals surface area (Å²) < 4.78 is 10.6. The highest BCUT2D eigenvalue weighted by molar-refractivity contribution is 5.45. The Morgan fingerprint density at radius 2 is 1.56 bits per heavy atom. The lowest BCUT2D eigenvalue weighted by atomic mass is 9.87. The molecular formula is C14H18O2. The van der Waals surface area contributed by atoms with Crippen molar-refractivity contribution in [2.24, 2.45) is 0 Å². The smallest absolute Gasteiger partial charge is 0.169 e. The van der Waals surface area contributed by atoms with Crippen molar-refractivity contribution in [2.75, 3.05) is 0 Å². The molecule has 0 atom stereocenters. The van der Waals surface area contributed by atoms with Gasteiger partial charge in [0.25, 0.3) is 0 Å². The summed E-state index contributed by atoms with van der Waals surface area (Å²) in [4.78, 5) is 0. The van der Waals surface area contributed by atoms with Crippen molar-refractivity contribution in [1.82, 2.24) is 0 Å². The Bertz CT molecular complexity index is 386. The molecule has 0 N–H and O–H groups in total. The van der Waals surface area contributed by atoms with Gasteiger partial charge in [-0.05, 0) is 23.1 Å². The third-order valence-electron chi connectivity index (χ3n) is 2.23. The van der Waals surface area contributed by atoms with E-state index in [1.165, 1.54) is 18.1 Å². The first-order valence-electron chi connectivity index (χ1n) is 5.18. The van der Waals surface area contributed by atoms with Gasteiger partial charge < -0.3 is 9.47 Å². The molecule has 0 saturated heterocycles. The van der Waals surface area contributed by atoms with Crippen molar-refractivity contribution in [3.8, 4) is 11.5 Å². The van der Waals surface area contributed by atoms with Gasteiger partial charge in [-0.15, -0.1) is 0 Å². The molecule has 0 aliphatic carbocycles. The largest absolute Gasteiger partial charge is 0.462 e. The number of benzene rings is 1. The van der Waals surface area contributed by atoms with Gasteiger partial charge in [-0.1, -0.05) is 40.0 Å². The predicted molar refractivity (Wildman–Crippen MR) is 66.8 cm³/mol. The summed E-state index contributed by atoms with van der Waals surface area (Å²) in [6.07, 6.45) is 2.76. The molecular weight excluding hydrogens is 200 g/mol. The molecule has 0 unspecified atom stereocenters. The maximum Gasteiger partial charge on any atom is 0.169 e. The fraction of sp³-hybridized carbons (Fsp3) is 0.286. The number of hydrogen-bond donors (Lipinski definition) is 0. The minimum atomic E-state index is 0.0754. The van der Waals surface area contributed by atoms with Crippen LogP contribution in [-0.4, -0.2) is 0 Å². The van der Waals surface area contributed by atoms with Crippen LogP contribution in [0.4, 0.5) is 0 Å². The highest BCUT2D eigenvalue weighted by Gasteiger charge is 2.16. The molecule has 0 aliphatic heterocycles. The van der Waals surface area contributed by atoms with Crippen LogP contribution in [0.1, 0.15) is 26.3 Å². The molecule has 1 aromatic rings. The van der Waals surface area contributed by atoms with Gasteiger partial charge in [-0.25, -0.2) is 0 Å². The fourth-order valence-corrected chi connectivity index (χ4v) is 1.34. The first kappa shape index (κ1) is 12.4. The molecule has 0 aromatic heterocycles. The summed E-state index contributed by atoms with van der Waals surface area (Å²) in [6.45, 7) is 13.5. The van der Waals surface area contributed by atoms with E-state index in [0.29, 0.717) is 11.5 Å². The van der Waals surface area contributed by atoms with E-state index in [1.54, 1.807) is 0 Å². The molecule has 1 aromatic carbocycles. The third-order valence-corrected chi connectivity index (χ3v) is 2.23. The van der Waals surface area contributed by atoms with Crippen molar-refractivity contribution in [3.63, 3.8) is 0 Å². The summed E-state index contributed by atoms with van der Waals surface area (Å²) in [5, 5.41) is 0. The molecule has 2 nitrogen and oxygen atoms in total. The van der Waals surface area contributed by atoms with Gasteiger partial charge in [0, 0.05) is 0 Å². The molecule has 0 bridgehead atoms. The average molecular weight is 218 g/mol. The quantitative estimate of drug-likeness (QED) is 0.710. The fourth-order valence-electron chi connectivity index (χ4n) is 1.34. The maximum atomic E-state index is 5.32. The molecule has 0 radical (unpaired) electrons. The van der Waals surface area contributed by atoms with Crippen molar-refractivity contribution in [1.29, 1.82) is 0 Å². The maximum absolute atomic E-state index is 5.32. The summed E-state index contributed by atoms with van der Waals surface area (Å²) in [5.41, 5.74) is 1.26.